The van der Waals surface area contributed by atoms with Crippen LogP contribution in [0.25, 0.3) is 22.0 Å². The molecule has 0 unspecified atom stereocenters. The van der Waals surface area contributed by atoms with Crippen LogP contribution in [0.1, 0.15) is 35.4 Å². The fourth-order valence-electron chi connectivity index (χ4n) is 5.47. The monoisotopic (exact) mass is 433 g/mol. The Morgan fingerprint density at radius 3 is 2.21 bits per heavy atom. The Labute approximate surface area is 194 Å². The number of pyridine rings is 1. The fraction of sp³-hybridized carbons (Fsp3) is 0.241. The summed E-state index contributed by atoms with van der Waals surface area (Å²) >= 11 is 0. The van der Waals surface area contributed by atoms with Gasteiger partial charge >= 0.3 is 0 Å². The molecule has 33 heavy (non-hydrogen) atoms. The third-order valence-electron chi connectivity index (χ3n) is 7.21. The zero-order valence-corrected chi connectivity index (χ0v) is 18.6. The second-order valence-corrected chi connectivity index (χ2v) is 9.08. The highest BCUT2D eigenvalue weighted by atomic mass is 16.2. The van der Waals surface area contributed by atoms with Gasteiger partial charge in [-0.05, 0) is 52.8 Å². The molecule has 4 aromatic rings. The summed E-state index contributed by atoms with van der Waals surface area (Å²) in [6.45, 7) is 2.42. The third kappa shape index (κ3) is 3.61. The molecule has 0 saturated carbocycles. The van der Waals surface area contributed by atoms with Crippen LogP contribution >= 0.6 is 0 Å². The van der Waals surface area contributed by atoms with Crippen molar-refractivity contribution in [3.8, 4) is 11.1 Å². The highest BCUT2D eigenvalue weighted by Crippen LogP contribution is 2.45. The van der Waals surface area contributed by atoms with Gasteiger partial charge in [-0.15, -0.1) is 0 Å². The van der Waals surface area contributed by atoms with E-state index >= 15 is 0 Å². The van der Waals surface area contributed by atoms with Gasteiger partial charge in [0.2, 0.25) is 5.91 Å². The summed E-state index contributed by atoms with van der Waals surface area (Å²) in [7, 11) is 0. The zero-order valence-electron chi connectivity index (χ0n) is 18.6. The van der Waals surface area contributed by atoms with Gasteiger partial charge in [0.1, 0.15) is 0 Å². The molecule has 4 heteroatoms. The fourth-order valence-corrected chi connectivity index (χ4v) is 5.47. The van der Waals surface area contributed by atoms with Gasteiger partial charge in [-0.1, -0.05) is 66.7 Å². The standard InChI is InChI=1S/C29H27N3O/c33-29(28-25-10-3-1-8-23(25)24-9-2-4-11-26(24)28)32-17-14-21(15-18-32)31-19-20-13-16-30-27-12-6-5-7-22(20)27/h1-13,16,21,28,31H,14-15,17-19H2. The summed E-state index contributed by atoms with van der Waals surface area (Å²) in [6.07, 6.45) is 3.84. The Balaban J connectivity index is 1.13. The van der Waals surface area contributed by atoms with Crippen molar-refractivity contribution in [3.63, 3.8) is 0 Å². The van der Waals surface area contributed by atoms with Crippen LogP contribution in [0.3, 0.4) is 0 Å². The molecule has 3 aromatic carbocycles. The molecular formula is C29H27N3O. The van der Waals surface area contributed by atoms with E-state index in [4.69, 9.17) is 0 Å². The van der Waals surface area contributed by atoms with E-state index in [9.17, 15) is 4.79 Å². The lowest BCUT2D eigenvalue weighted by atomic mass is 9.94. The molecule has 4 nitrogen and oxygen atoms in total. The van der Waals surface area contributed by atoms with E-state index in [2.05, 4.69) is 75.9 Å². The second-order valence-electron chi connectivity index (χ2n) is 9.08. The molecule has 1 aliphatic carbocycles. The number of rotatable bonds is 4. The Morgan fingerprint density at radius 1 is 0.848 bits per heavy atom. The highest BCUT2D eigenvalue weighted by Gasteiger charge is 2.36. The van der Waals surface area contributed by atoms with E-state index in [-0.39, 0.29) is 11.8 Å². The minimum absolute atomic E-state index is 0.176. The molecule has 0 spiro atoms. The van der Waals surface area contributed by atoms with Crippen LogP contribution in [0.2, 0.25) is 0 Å². The molecule has 1 saturated heterocycles. The first-order valence-corrected chi connectivity index (χ1v) is 11.8. The number of hydrogen-bond donors (Lipinski definition) is 1. The first kappa shape index (κ1) is 20.1. The van der Waals surface area contributed by atoms with Crippen molar-refractivity contribution in [1.82, 2.24) is 15.2 Å². The van der Waals surface area contributed by atoms with Crippen LogP contribution in [0.4, 0.5) is 0 Å². The minimum atomic E-state index is -0.176. The van der Waals surface area contributed by atoms with Crippen LogP contribution < -0.4 is 5.32 Å². The molecule has 2 aliphatic rings. The van der Waals surface area contributed by atoms with E-state index < -0.39 is 0 Å². The number of fused-ring (bicyclic) bond motifs is 4. The van der Waals surface area contributed by atoms with Crippen molar-refractivity contribution in [2.75, 3.05) is 13.1 Å². The van der Waals surface area contributed by atoms with Gasteiger partial charge in [0.15, 0.2) is 0 Å². The number of piperidine rings is 1. The smallest absolute Gasteiger partial charge is 0.234 e. The lowest BCUT2D eigenvalue weighted by Crippen LogP contribution is -2.46. The maximum absolute atomic E-state index is 13.7. The van der Waals surface area contributed by atoms with E-state index in [1.54, 1.807) is 0 Å². The normalized spacial score (nSPS) is 16.1. The molecule has 6 rings (SSSR count). The number of nitrogens with one attached hydrogen (secondary N) is 1. The minimum Gasteiger partial charge on any atom is -0.342 e. The van der Waals surface area contributed by atoms with Gasteiger partial charge in [-0.2, -0.15) is 0 Å². The highest BCUT2D eigenvalue weighted by molar-refractivity contribution is 5.96. The summed E-state index contributed by atoms with van der Waals surface area (Å²) in [5, 5.41) is 4.93. The second kappa shape index (κ2) is 8.45. The third-order valence-corrected chi connectivity index (χ3v) is 7.21. The van der Waals surface area contributed by atoms with Crippen LogP contribution in [-0.2, 0) is 11.3 Å². The summed E-state index contributed by atoms with van der Waals surface area (Å²) < 4.78 is 0. The molecular weight excluding hydrogens is 406 g/mol. The molecule has 0 atom stereocenters. The predicted octanol–water partition coefficient (Wildman–Crippen LogP) is 5.13. The SMILES string of the molecule is O=C(C1c2ccccc2-c2ccccc21)N1CCC(NCc2ccnc3ccccc23)CC1. The van der Waals surface area contributed by atoms with Gasteiger partial charge in [0.25, 0.3) is 0 Å². The lowest BCUT2D eigenvalue weighted by Gasteiger charge is -2.34. The van der Waals surface area contributed by atoms with Crippen LogP contribution in [0.5, 0.6) is 0 Å². The van der Waals surface area contributed by atoms with Crippen LogP contribution in [0, 0.1) is 0 Å². The molecule has 1 amide bonds. The van der Waals surface area contributed by atoms with E-state index in [0.29, 0.717) is 6.04 Å². The van der Waals surface area contributed by atoms with Crippen molar-refractivity contribution in [2.24, 2.45) is 0 Å². The first-order valence-electron chi connectivity index (χ1n) is 11.8. The molecule has 2 heterocycles. The lowest BCUT2D eigenvalue weighted by molar-refractivity contribution is -0.132. The van der Waals surface area contributed by atoms with Gasteiger partial charge in [0, 0.05) is 37.3 Å². The summed E-state index contributed by atoms with van der Waals surface area (Å²) in [4.78, 5) is 20.2. The maximum Gasteiger partial charge on any atom is 0.234 e. The topological polar surface area (TPSA) is 45.2 Å². The Bertz CT molecular complexity index is 1270. The number of benzene rings is 3. The number of carbonyl (C=O) groups is 1. The molecule has 1 N–H and O–H groups in total. The number of aromatic nitrogens is 1. The summed E-state index contributed by atoms with van der Waals surface area (Å²) in [6, 6.07) is 27.5. The van der Waals surface area contributed by atoms with Crippen molar-refractivity contribution < 1.29 is 4.79 Å². The van der Waals surface area contributed by atoms with Crippen molar-refractivity contribution >= 4 is 16.8 Å². The first-order chi connectivity index (χ1) is 16.3. The Morgan fingerprint density at radius 2 is 1.48 bits per heavy atom. The quantitative estimate of drug-likeness (QED) is 0.485. The summed E-state index contributed by atoms with van der Waals surface area (Å²) in [5.74, 6) is 0.0658. The average molecular weight is 434 g/mol. The zero-order chi connectivity index (χ0) is 22.2. The molecule has 0 radical (unpaired) electrons. The van der Waals surface area contributed by atoms with Crippen molar-refractivity contribution in [1.29, 1.82) is 0 Å². The van der Waals surface area contributed by atoms with Gasteiger partial charge in [-0.25, -0.2) is 0 Å². The van der Waals surface area contributed by atoms with Crippen LogP contribution in [-0.4, -0.2) is 34.9 Å². The number of hydrogen-bond acceptors (Lipinski definition) is 3. The maximum atomic E-state index is 13.7. The van der Waals surface area contributed by atoms with E-state index in [1.165, 1.54) is 22.1 Å². The Hall–Kier alpha value is -3.50. The Kier molecular flexibility index (Phi) is 5.16. The number of carbonyl (C=O) groups excluding carboxylic acids is 1. The summed E-state index contributed by atoms with van der Waals surface area (Å²) in [5.41, 5.74) is 7.01. The number of amides is 1. The molecule has 0 bridgehead atoms. The van der Waals surface area contributed by atoms with Crippen LogP contribution in [0.15, 0.2) is 85.1 Å². The van der Waals surface area contributed by atoms with Gasteiger partial charge < -0.3 is 10.2 Å². The van der Waals surface area contributed by atoms with E-state index in [1.807, 2.05) is 24.4 Å². The van der Waals surface area contributed by atoms with Crippen molar-refractivity contribution in [3.05, 3.63) is 102 Å². The largest absolute Gasteiger partial charge is 0.342 e. The molecule has 1 aromatic heterocycles. The van der Waals surface area contributed by atoms with Gasteiger partial charge in [-0.3, -0.25) is 9.78 Å². The molecule has 1 aliphatic heterocycles. The van der Waals surface area contributed by atoms with Gasteiger partial charge in [0.05, 0.1) is 11.4 Å². The molecule has 164 valence electrons. The number of para-hydroxylation sites is 1. The number of nitrogens with zero attached hydrogens (tertiary/aromatic N) is 2. The average Bonchev–Trinajstić information content (AvgIpc) is 3.22. The molecule has 1 fully saturated rings. The predicted molar refractivity (Wildman–Crippen MR) is 132 cm³/mol. The van der Waals surface area contributed by atoms with E-state index in [0.717, 1.165) is 49.1 Å². The number of likely N-dealkylation sites (tertiary alicyclic amines) is 1. The van der Waals surface area contributed by atoms with Crippen molar-refractivity contribution in [2.45, 2.75) is 31.3 Å².